The Kier molecular flexibility index (Phi) is 4.07. The van der Waals surface area contributed by atoms with Crippen LogP contribution < -0.4 is 0 Å². The molecule has 0 unspecified atom stereocenters. The lowest BCUT2D eigenvalue weighted by atomic mass is 10.1. The summed E-state index contributed by atoms with van der Waals surface area (Å²) >= 11 is 1.32. The van der Waals surface area contributed by atoms with Gasteiger partial charge in [-0.15, -0.1) is 11.3 Å². The Morgan fingerprint density at radius 2 is 2.11 bits per heavy atom. The molecule has 18 heavy (non-hydrogen) atoms. The number of hydrogen-bond acceptors (Lipinski definition) is 4. The Bertz CT molecular complexity index is 525. The molecule has 0 radical (unpaired) electrons. The molecule has 2 rings (SSSR count). The molecule has 0 saturated heterocycles. The quantitative estimate of drug-likeness (QED) is 0.915. The maximum absolute atomic E-state index is 12.2. The number of benzene rings is 1. The molecule has 1 amide bonds. The standard InChI is InChI=1S/C13H14N2O2S/c1-15(7-8-16)13(17)12-11(14-9-18-12)10-5-3-2-4-6-10/h2-6,9,16H,7-8H2,1H3. The first-order chi connectivity index (χ1) is 8.74. The normalized spacial score (nSPS) is 10.3. The average Bonchev–Trinajstić information content (AvgIpc) is 2.88. The summed E-state index contributed by atoms with van der Waals surface area (Å²) in [5.74, 6) is -0.106. The highest BCUT2D eigenvalue weighted by Crippen LogP contribution is 2.26. The van der Waals surface area contributed by atoms with Crippen LogP contribution in [0.1, 0.15) is 9.67 Å². The van der Waals surface area contributed by atoms with E-state index >= 15 is 0 Å². The third kappa shape index (κ3) is 2.57. The monoisotopic (exact) mass is 262 g/mol. The Labute approximate surface area is 110 Å². The lowest BCUT2D eigenvalue weighted by Gasteiger charge is -2.15. The van der Waals surface area contributed by atoms with E-state index < -0.39 is 0 Å². The highest BCUT2D eigenvalue weighted by atomic mass is 32.1. The SMILES string of the molecule is CN(CCO)C(=O)c1scnc1-c1ccccc1. The molecule has 1 N–H and O–H groups in total. The predicted molar refractivity (Wildman–Crippen MR) is 71.6 cm³/mol. The second-order valence-electron chi connectivity index (χ2n) is 3.85. The molecule has 0 bridgehead atoms. The maximum Gasteiger partial charge on any atom is 0.266 e. The van der Waals surface area contributed by atoms with Crippen molar-refractivity contribution in [1.82, 2.24) is 9.88 Å². The second-order valence-corrected chi connectivity index (χ2v) is 4.70. The number of aromatic nitrogens is 1. The highest BCUT2D eigenvalue weighted by Gasteiger charge is 2.19. The number of rotatable bonds is 4. The molecule has 1 heterocycles. The van der Waals surface area contributed by atoms with Gasteiger partial charge in [-0.2, -0.15) is 0 Å². The van der Waals surface area contributed by atoms with Crippen LogP contribution in [0.15, 0.2) is 35.8 Å². The molecule has 0 atom stereocenters. The van der Waals surface area contributed by atoms with Gasteiger partial charge in [-0.25, -0.2) is 4.98 Å². The van der Waals surface area contributed by atoms with Gasteiger partial charge in [-0.05, 0) is 0 Å². The average molecular weight is 262 g/mol. The van der Waals surface area contributed by atoms with E-state index in [0.717, 1.165) is 5.56 Å². The predicted octanol–water partition coefficient (Wildman–Crippen LogP) is 1.87. The summed E-state index contributed by atoms with van der Waals surface area (Å²) in [4.78, 5) is 18.5. The van der Waals surface area contributed by atoms with Crippen LogP contribution in [-0.2, 0) is 0 Å². The molecule has 0 fully saturated rings. The number of carbonyl (C=O) groups excluding carboxylic acids is 1. The van der Waals surface area contributed by atoms with Crippen molar-refractivity contribution in [2.45, 2.75) is 0 Å². The zero-order valence-electron chi connectivity index (χ0n) is 10.0. The van der Waals surface area contributed by atoms with Gasteiger partial charge >= 0.3 is 0 Å². The fourth-order valence-electron chi connectivity index (χ4n) is 1.62. The van der Waals surface area contributed by atoms with E-state index in [0.29, 0.717) is 17.1 Å². The van der Waals surface area contributed by atoms with Crippen molar-refractivity contribution in [1.29, 1.82) is 0 Å². The van der Waals surface area contributed by atoms with Gasteiger partial charge in [0, 0.05) is 19.2 Å². The van der Waals surface area contributed by atoms with Crippen LogP contribution in [0.5, 0.6) is 0 Å². The van der Waals surface area contributed by atoms with Crippen molar-refractivity contribution in [3.63, 3.8) is 0 Å². The molecular weight excluding hydrogens is 248 g/mol. The molecule has 0 aliphatic rings. The number of thiazole rings is 1. The minimum Gasteiger partial charge on any atom is -0.395 e. The molecule has 5 heteroatoms. The van der Waals surface area contributed by atoms with E-state index in [1.54, 1.807) is 12.6 Å². The number of carbonyl (C=O) groups is 1. The van der Waals surface area contributed by atoms with Crippen LogP contribution in [0.25, 0.3) is 11.3 Å². The van der Waals surface area contributed by atoms with Crippen molar-refractivity contribution in [2.24, 2.45) is 0 Å². The number of aliphatic hydroxyl groups is 1. The van der Waals surface area contributed by atoms with Gasteiger partial charge in [0.1, 0.15) is 4.88 Å². The fraction of sp³-hybridized carbons (Fsp3) is 0.231. The molecule has 1 aromatic carbocycles. The summed E-state index contributed by atoms with van der Waals surface area (Å²) < 4.78 is 0. The molecule has 0 aliphatic heterocycles. The first kappa shape index (κ1) is 12.7. The number of hydrogen-bond donors (Lipinski definition) is 1. The van der Waals surface area contributed by atoms with Gasteiger partial charge in [-0.1, -0.05) is 30.3 Å². The first-order valence-corrected chi connectivity index (χ1v) is 6.47. The highest BCUT2D eigenvalue weighted by molar-refractivity contribution is 7.12. The largest absolute Gasteiger partial charge is 0.395 e. The second kappa shape index (κ2) is 5.75. The van der Waals surface area contributed by atoms with Gasteiger partial charge in [-0.3, -0.25) is 4.79 Å². The Morgan fingerprint density at radius 3 is 2.78 bits per heavy atom. The maximum atomic E-state index is 12.2. The topological polar surface area (TPSA) is 53.4 Å². The van der Waals surface area contributed by atoms with Gasteiger partial charge < -0.3 is 10.0 Å². The van der Waals surface area contributed by atoms with Crippen molar-refractivity contribution < 1.29 is 9.90 Å². The molecule has 0 aliphatic carbocycles. The summed E-state index contributed by atoms with van der Waals surface area (Å²) in [7, 11) is 1.67. The van der Waals surface area contributed by atoms with E-state index in [2.05, 4.69) is 4.98 Å². The smallest absolute Gasteiger partial charge is 0.266 e. The van der Waals surface area contributed by atoms with Crippen LogP contribution in [0.2, 0.25) is 0 Å². The number of amides is 1. The van der Waals surface area contributed by atoms with Crippen molar-refractivity contribution in [3.8, 4) is 11.3 Å². The lowest BCUT2D eigenvalue weighted by Crippen LogP contribution is -2.29. The molecule has 1 aromatic heterocycles. The van der Waals surface area contributed by atoms with E-state index in [1.165, 1.54) is 16.2 Å². The van der Waals surface area contributed by atoms with E-state index in [-0.39, 0.29) is 12.5 Å². The third-order valence-corrected chi connectivity index (χ3v) is 3.41. The van der Waals surface area contributed by atoms with Gasteiger partial charge in [0.2, 0.25) is 0 Å². The molecule has 4 nitrogen and oxygen atoms in total. The van der Waals surface area contributed by atoms with E-state index in [9.17, 15) is 4.79 Å². The van der Waals surface area contributed by atoms with Crippen LogP contribution >= 0.6 is 11.3 Å². The summed E-state index contributed by atoms with van der Waals surface area (Å²) in [5, 5.41) is 8.86. The number of likely N-dealkylation sites (N-methyl/N-ethyl adjacent to an activating group) is 1. The summed E-state index contributed by atoms with van der Waals surface area (Å²) in [5.41, 5.74) is 3.30. The third-order valence-electron chi connectivity index (χ3n) is 2.59. The van der Waals surface area contributed by atoms with Gasteiger partial charge in [0.25, 0.3) is 5.91 Å². The number of aliphatic hydroxyl groups excluding tert-OH is 1. The molecular formula is C13H14N2O2S. The Morgan fingerprint density at radius 1 is 1.39 bits per heavy atom. The van der Waals surface area contributed by atoms with E-state index in [4.69, 9.17) is 5.11 Å². The van der Waals surface area contributed by atoms with Crippen LogP contribution in [-0.4, -0.2) is 41.1 Å². The first-order valence-electron chi connectivity index (χ1n) is 5.59. The lowest BCUT2D eigenvalue weighted by molar-refractivity contribution is 0.0772. The molecule has 2 aromatic rings. The molecule has 0 saturated carbocycles. The zero-order chi connectivity index (χ0) is 13.0. The summed E-state index contributed by atoms with van der Waals surface area (Å²) in [6.07, 6.45) is 0. The fourth-order valence-corrected chi connectivity index (χ4v) is 2.43. The Hall–Kier alpha value is -1.72. The molecule has 0 spiro atoms. The van der Waals surface area contributed by atoms with Crippen molar-refractivity contribution in [2.75, 3.05) is 20.2 Å². The van der Waals surface area contributed by atoms with Crippen molar-refractivity contribution >= 4 is 17.2 Å². The van der Waals surface area contributed by atoms with Crippen LogP contribution in [0.4, 0.5) is 0 Å². The zero-order valence-corrected chi connectivity index (χ0v) is 10.9. The van der Waals surface area contributed by atoms with Crippen LogP contribution in [0.3, 0.4) is 0 Å². The Balaban J connectivity index is 2.31. The summed E-state index contributed by atoms with van der Waals surface area (Å²) in [6.45, 7) is 0.284. The number of nitrogens with zero attached hydrogens (tertiary/aromatic N) is 2. The summed E-state index contributed by atoms with van der Waals surface area (Å²) in [6, 6.07) is 9.62. The minimum absolute atomic E-state index is 0.0400. The van der Waals surface area contributed by atoms with Crippen LogP contribution in [0, 0.1) is 0 Å². The van der Waals surface area contributed by atoms with Gasteiger partial charge in [0.05, 0.1) is 17.8 Å². The van der Waals surface area contributed by atoms with Crippen molar-refractivity contribution in [3.05, 3.63) is 40.7 Å². The minimum atomic E-state index is -0.106. The van der Waals surface area contributed by atoms with E-state index in [1.807, 2.05) is 30.3 Å². The molecule has 94 valence electrons. The van der Waals surface area contributed by atoms with Gasteiger partial charge in [0.15, 0.2) is 0 Å².